The van der Waals surface area contributed by atoms with Gasteiger partial charge >= 0.3 is 0 Å². The molecule has 1 atom stereocenters. The quantitative estimate of drug-likeness (QED) is 0.884. The Hall–Kier alpha value is -1.36. The lowest BCUT2D eigenvalue weighted by molar-refractivity contribution is 0.178. The van der Waals surface area contributed by atoms with Gasteiger partial charge in [0.1, 0.15) is 18.2 Å². The topological polar surface area (TPSA) is 50.3 Å². The van der Waals surface area contributed by atoms with Crippen molar-refractivity contribution in [3.8, 4) is 0 Å². The molecule has 1 aliphatic rings. The van der Waals surface area contributed by atoms with Gasteiger partial charge in [-0.05, 0) is 18.8 Å². The number of aromatic nitrogens is 2. The average molecular weight is 264 g/mol. The second kappa shape index (κ2) is 6.70. The molecule has 2 rings (SSSR count). The molecule has 5 nitrogen and oxygen atoms in total. The Kier molecular flexibility index (Phi) is 4.96. The van der Waals surface area contributed by atoms with Crippen LogP contribution in [-0.2, 0) is 11.3 Å². The molecule has 106 valence electrons. The van der Waals surface area contributed by atoms with Crippen molar-refractivity contribution in [1.29, 1.82) is 0 Å². The molecule has 0 saturated carbocycles. The maximum Gasteiger partial charge on any atom is 0.158 e. The summed E-state index contributed by atoms with van der Waals surface area (Å²) in [5, 5.41) is 3.10. The summed E-state index contributed by atoms with van der Waals surface area (Å²) in [5.74, 6) is 3.40. The molecule has 0 aliphatic carbocycles. The summed E-state index contributed by atoms with van der Waals surface area (Å²) < 4.78 is 5.14. The van der Waals surface area contributed by atoms with Gasteiger partial charge in [-0.25, -0.2) is 9.97 Å². The Morgan fingerprint density at radius 3 is 3.00 bits per heavy atom. The number of nitrogens with zero attached hydrogens (tertiary/aromatic N) is 3. The van der Waals surface area contributed by atoms with E-state index in [0.29, 0.717) is 6.61 Å². The number of anilines is 2. The fourth-order valence-corrected chi connectivity index (χ4v) is 2.57. The Bertz CT molecular complexity index is 410. The highest BCUT2D eigenvalue weighted by Gasteiger charge is 2.20. The van der Waals surface area contributed by atoms with E-state index in [1.807, 2.05) is 13.1 Å². The van der Waals surface area contributed by atoms with Crippen LogP contribution >= 0.6 is 0 Å². The van der Waals surface area contributed by atoms with Crippen molar-refractivity contribution in [2.75, 3.05) is 37.5 Å². The lowest BCUT2D eigenvalue weighted by atomic mass is 9.96. The van der Waals surface area contributed by atoms with Crippen LogP contribution in [0.1, 0.15) is 32.0 Å². The van der Waals surface area contributed by atoms with Crippen molar-refractivity contribution in [3.05, 3.63) is 11.9 Å². The molecule has 1 saturated heterocycles. The van der Waals surface area contributed by atoms with Crippen molar-refractivity contribution >= 4 is 11.6 Å². The Morgan fingerprint density at radius 1 is 1.47 bits per heavy atom. The summed E-state index contributed by atoms with van der Waals surface area (Å²) in [6.07, 6.45) is 3.82. The summed E-state index contributed by atoms with van der Waals surface area (Å²) in [4.78, 5) is 11.4. The first-order valence-corrected chi connectivity index (χ1v) is 7.06. The number of nitrogens with one attached hydrogen (secondary N) is 1. The molecule has 0 amide bonds. The molecule has 0 spiro atoms. The second-order valence-corrected chi connectivity index (χ2v) is 5.07. The fraction of sp³-hybridized carbons (Fsp3) is 0.714. The van der Waals surface area contributed by atoms with Crippen LogP contribution in [0.4, 0.5) is 11.6 Å². The molecule has 1 fully saturated rings. The molecular formula is C14H24N4O. The van der Waals surface area contributed by atoms with Crippen LogP contribution in [-0.4, -0.2) is 37.2 Å². The van der Waals surface area contributed by atoms with E-state index < -0.39 is 0 Å². The molecule has 0 radical (unpaired) electrons. The summed E-state index contributed by atoms with van der Waals surface area (Å²) in [6.45, 7) is 4.91. The Balaban J connectivity index is 2.19. The molecule has 0 bridgehead atoms. The molecule has 1 unspecified atom stereocenters. The maximum atomic E-state index is 5.14. The van der Waals surface area contributed by atoms with E-state index in [0.717, 1.165) is 36.5 Å². The van der Waals surface area contributed by atoms with Crippen LogP contribution in [0.3, 0.4) is 0 Å². The number of rotatable bonds is 5. The first-order chi connectivity index (χ1) is 9.26. The van der Waals surface area contributed by atoms with Crippen LogP contribution in [0.25, 0.3) is 0 Å². The number of ether oxygens (including phenoxy) is 1. The number of hydrogen-bond acceptors (Lipinski definition) is 5. The highest BCUT2D eigenvalue weighted by atomic mass is 16.5. The minimum Gasteiger partial charge on any atom is -0.377 e. The zero-order valence-electron chi connectivity index (χ0n) is 12.1. The Labute approximate surface area is 115 Å². The lowest BCUT2D eigenvalue weighted by Crippen LogP contribution is -2.36. The molecule has 2 heterocycles. The molecule has 1 N–H and O–H groups in total. The second-order valence-electron chi connectivity index (χ2n) is 5.07. The zero-order chi connectivity index (χ0) is 13.7. The van der Waals surface area contributed by atoms with E-state index in [1.165, 1.54) is 19.3 Å². The van der Waals surface area contributed by atoms with Crippen molar-refractivity contribution in [2.45, 2.75) is 32.8 Å². The van der Waals surface area contributed by atoms with Crippen LogP contribution < -0.4 is 10.2 Å². The molecule has 5 heteroatoms. The monoisotopic (exact) mass is 264 g/mol. The van der Waals surface area contributed by atoms with Crippen molar-refractivity contribution in [1.82, 2.24) is 9.97 Å². The standard InChI is InChI=1S/C14H24N4O/c1-4-11-6-5-7-18(9-11)14-8-12(15-2)16-13(17-14)10-19-3/h8,11H,4-7,9-10H2,1-3H3,(H,15,16,17). The van der Waals surface area contributed by atoms with Gasteiger partial charge < -0.3 is 15.0 Å². The number of hydrogen-bond donors (Lipinski definition) is 1. The van der Waals surface area contributed by atoms with Crippen molar-refractivity contribution in [2.24, 2.45) is 5.92 Å². The van der Waals surface area contributed by atoms with E-state index in [1.54, 1.807) is 7.11 Å². The summed E-state index contributed by atoms with van der Waals surface area (Å²) in [5.41, 5.74) is 0. The lowest BCUT2D eigenvalue weighted by Gasteiger charge is -2.33. The van der Waals surface area contributed by atoms with Crippen LogP contribution in [0, 0.1) is 5.92 Å². The van der Waals surface area contributed by atoms with E-state index in [9.17, 15) is 0 Å². The smallest absolute Gasteiger partial charge is 0.158 e. The van der Waals surface area contributed by atoms with E-state index in [2.05, 4.69) is 27.1 Å². The third-order valence-corrected chi connectivity index (χ3v) is 3.71. The number of piperidine rings is 1. The molecular weight excluding hydrogens is 240 g/mol. The van der Waals surface area contributed by atoms with Gasteiger partial charge in [-0.2, -0.15) is 0 Å². The minimum absolute atomic E-state index is 0.452. The van der Waals surface area contributed by atoms with Crippen LogP contribution in [0.2, 0.25) is 0 Å². The largest absolute Gasteiger partial charge is 0.377 e. The first kappa shape index (κ1) is 14.1. The third-order valence-electron chi connectivity index (χ3n) is 3.71. The summed E-state index contributed by atoms with van der Waals surface area (Å²) in [7, 11) is 3.55. The summed E-state index contributed by atoms with van der Waals surface area (Å²) >= 11 is 0. The van der Waals surface area contributed by atoms with Gasteiger partial charge in [0.25, 0.3) is 0 Å². The van der Waals surface area contributed by atoms with Gasteiger partial charge in [-0.15, -0.1) is 0 Å². The first-order valence-electron chi connectivity index (χ1n) is 7.06. The predicted molar refractivity (Wildman–Crippen MR) is 77.5 cm³/mol. The average Bonchev–Trinajstić information content (AvgIpc) is 2.47. The van der Waals surface area contributed by atoms with Crippen LogP contribution in [0.5, 0.6) is 0 Å². The van der Waals surface area contributed by atoms with E-state index in [-0.39, 0.29) is 0 Å². The minimum atomic E-state index is 0.452. The van der Waals surface area contributed by atoms with Crippen molar-refractivity contribution < 1.29 is 4.74 Å². The third kappa shape index (κ3) is 3.56. The van der Waals surface area contributed by atoms with Crippen LogP contribution in [0.15, 0.2) is 6.07 Å². The molecule has 19 heavy (non-hydrogen) atoms. The van der Waals surface area contributed by atoms with Gasteiger partial charge in [0.05, 0.1) is 0 Å². The predicted octanol–water partition coefficient (Wildman–Crippen LogP) is 2.29. The van der Waals surface area contributed by atoms with E-state index in [4.69, 9.17) is 4.74 Å². The summed E-state index contributed by atoms with van der Waals surface area (Å²) in [6, 6.07) is 2.02. The zero-order valence-corrected chi connectivity index (χ0v) is 12.1. The van der Waals surface area contributed by atoms with E-state index >= 15 is 0 Å². The maximum absolute atomic E-state index is 5.14. The molecule has 1 aromatic heterocycles. The molecule has 1 aliphatic heterocycles. The molecule has 1 aromatic rings. The highest BCUT2D eigenvalue weighted by Crippen LogP contribution is 2.25. The van der Waals surface area contributed by atoms with Gasteiger partial charge in [0.2, 0.25) is 0 Å². The Morgan fingerprint density at radius 2 is 2.32 bits per heavy atom. The molecule has 0 aromatic carbocycles. The SMILES string of the molecule is CCC1CCCN(c2cc(NC)nc(COC)n2)C1. The van der Waals surface area contributed by atoms with Crippen molar-refractivity contribution in [3.63, 3.8) is 0 Å². The highest BCUT2D eigenvalue weighted by molar-refractivity contribution is 5.49. The van der Waals surface area contributed by atoms with Gasteiger partial charge in [0.15, 0.2) is 5.82 Å². The van der Waals surface area contributed by atoms with Gasteiger partial charge in [0, 0.05) is 33.3 Å². The van der Waals surface area contributed by atoms with Gasteiger partial charge in [-0.1, -0.05) is 13.3 Å². The number of methoxy groups -OCH3 is 1. The van der Waals surface area contributed by atoms with Gasteiger partial charge in [-0.3, -0.25) is 0 Å². The normalized spacial score (nSPS) is 19.5. The fourth-order valence-electron chi connectivity index (χ4n) is 2.57.